The quantitative estimate of drug-likeness (QED) is 0.678. The van der Waals surface area contributed by atoms with Crippen molar-refractivity contribution in [3.63, 3.8) is 0 Å². The Bertz CT molecular complexity index is 1020. The lowest BCUT2D eigenvalue weighted by Gasteiger charge is -2.33. The van der Waals surface area contributed by atoms with Gasteiger partial charge in [0.1, 0.15) is 12.6 Å². The SMILES string of the molecule is Cn1c(=O)c2c(nc(Cl)n2CC(=O)N2CCCC[C@H]2C(N)=O)n(C)c1=O. The van der Waals surface area contributed by atoms with E-state index >= 15 is 0 Å². The van der Waals surface area contributed by atoms with Crippen LogP contribution in [-0.2, 0) is 30.2 Å². The van der Waals surface area contributed by atoms with Crippen molar-refractivity contribution in [2.24, 2.45) is 19.8 Å². The van der Waals surface area contributed by atoms with E-state index < -0.39 is 23.2 Å². The standard InChI is InChI=1S/C15H19ClN6O4/c1-19-12-10(13(25)20(2)15(19)26)22(14(16)18-12)7-9(23)21-6-4-3-5-8(21)11(17)24/h8H,3-7H2,1-2H3,(H2,17,24)/t8-/m0/s1. The molecule has 0 radical (unpaired) electrons. The predicted octanol–water partition coefficient (Wildman–Crippen LogP) is -1.05. The third-order valence-corrected chi connectivity index (χ3v) is 5.03. The Morgan fingerprint density at radius 3 is 2.58 bits per heavy atom. The fourth-order valence-electron chi connectivity index (χ4n) is 3.32. The van der Waals surface area contributed by atoms with Crippen molar-refractivity contribution in [2.75, 3.05) is 6.54 Å². The highest BCUT2D eigenvalue weighted by atomic mass is 35.5. The van der Waals surface area contributed by atoms with Crippen LogP contribution in [0.15, 0.2) is 9.59 Å². The zero-order valence-corrected chi connectivity index (χ0v) is 15.2. The molecule has 1 fully saturated rings. The Balaban J connectivity index is 2.05. The largest absolute Gasteiger partial charge is 0.368 e. The lowest BCUT2D eigenvalue weighted by molar-refractivity contribution is -0.141. The van der Waals surface area contributed by atoms with Gasteiger partial charge in [0, 0.05) is 20.6 Å². The number of amides is 2. The van der Waals surface area contributed by atoms with Gasteiger partial charge in [-0.3, -0.25) is 28.1 Å². The highest BCUT2D eigenvalue weighted by Crippen LogP contribution is 2.20. The molecular formula is C15H19ClN6O4. The van der Waals surface area contributed by atoms with Gasteiger partial charge in [0.05, 0.1) is 0 Å². The van der Waals surface area contributed by atoms with Crippen LogP contribution in [0.2, 0.25) is 5.28 Å². The number of hydrogen-bond acceptors (Lipinski definition) is 5. The Kier molecular flexibility index (Phi) is 4.61. The minimum absolute atomic E-state index is 0.0561. The average Bonchev–Trinajstić information content (AvgIpc) is 2.94. The first kappa shape index (κ1) is 18.2. The Hall–Kier alpha value is -2.62. The molecule has 0 spiro atoms. The number of likely N-dealkylation sites (tertiary alicyclic amines) is 1. The number of carbonyl (C=O) groups excluding carboxylic acids is 2. The zero-order chi connectivity index (χ0) is 19.2. The number of nitrogens with two attached hydrogens (primary N) is 1. The van der Waals surface area contributed by atoms with Crippen LogP contribution in [0.5, 0.6) is 0 Å². The van der Waals surface area contributed by atoms with Gasteiger partial charge in [0.25, 0.3) is 5.56 Å². The molecule has 140 valence electrons. The summed E-state index contributed by atoms with van der Waals surface area (Å²) in [6.07, 6.45) is 2.09. The lowest BCUT2D eigenvalue weighted by atomic mass is 10.0. The molecule has 2 amide bonds. The van der Waals surface area contributed by atoms with Crippen LogP contribution in [0.4, 0.5) is 0 Å². The van der Waals surface area contributed by atoms with Gasteiger partial charge in [-0.2, -0.15) is 4.98 Å². The number of carbonyl (C=O) groups is 2. The molecule has 10 nitrogen and oxygen atoms in total. The lowest BCUT2D eigenvalue weighted by Crippen LogP contribution is -2.51. The van der Waals surface area contributed by atoms with Crippen molar-refractivity contribution in [1.82, 2.24) is 23.6 Å². The van der Waals surface area contributed by atoms with Crippen molar-refractivity contribution < 1.29 is 9.59 Å². The summed E-state index contributed by atoms with van der Waals surface area (Å²) in [5.41, 5.74) is 4.42. The Morgan fingerprint density at radius 2 is 1.92 bits per heavy atom. The summed E-state index contributed by atoms with van der Waals surface area (Å²) in [7, 11) is 2.80. The number of halogens is 1. The molecule has 3 rings (SSSR count). The minimum Gasteiger partial charge on any atom is -0.368 e. The second-order valence-corrected chi connectivity index (χ2v) is 6.68. The van der Waals surface area contributed by atoms with Gasteiger partial charge >= 0.3 is 5.69 Å². The van der Waals surface area contributed by atoms with Gasteiger partial charge in [0.15, 0.2) is 11.2 Å². The van der Waals surface area contributed by atoms with Crippen molar-refractivity contribution in [3.05, 3.63) is 26.1 Å². The monoisotopic (exact) mass is 382 g/mol. The van der Waals surface area contributed by atoms with E-state index in [1.165, 1.54) is 28.1 Å². The van der Waals surface area contributed by atoms with Crippen molar-refractivity contribution in [2.45, 2.75) is 31.8 Å². The molecule has 1 aliphatic heterocycles. The van der Waals surface area contributed by atoms with Crippen LogP contribution in [0.25, 0.3) is 11.2 Å². The van der Waals surface area contributed by atoms with Crippen molar-refractivity contribution in [3.8, 4) is 0 Å². The number of hydrogen-bond donors (Lipinski definition) is 1. The maximum Gasteiger partial charge on any atom is 0.332 e. The molecule has 1 aliphatic rings. The van der Waals surface area contributed by atoms with Crippen LogP contribution in [0.3, 0.4) is 0 Å². The summed E-state index contributed by atoms with van der Waals surface area (Å²) in [6, 6.07) is -0.669. The van der Waals surface area contributed by atoms with Crippen LogP contribution in [-0.4, -0.2) is 48.0 Å². The summed E-state index contributed by atoms with van der Waals surface area (Å²) >= 11 is 6.12. The Morgan fingerprint density at radius 1 is 1.23 bits per heavy atom. The number of fused-ring (bicyclic) bond motifs is 1. The number of nitrogens with zero attached hydrogens (tertiary/aromatic N) is 5. The number of primary amides is 1. The van der Waals surface area contributed by atoms with Crippen molar-refractivity contribution >= 4 is 34.6 Å². The first-order chi connectivity index (χ1) is 12.2. The van der Waals surface area contributed by atoms with Crippen LogP contribution < -0.4 is 17.0 Å². The summed E-state index contributed by atoms with van der Waals surface area (Å²) < 4.78 is 3.37. The molecule has 11 heteroatoms. The fraction of sp³-hybridized carbons (Fsp3) is 0.533. The molecule has 2 N–H and O–H groups in total. The van der Waals surface area contributed by atoms with E-state index in [9.17, 15) is 19.2 Å². The molecule has 0 aromatic carbocycles. The maximum absolute atomic E-state index is 12.8. The van der Waals surface area contributed by atoms with Gasteiger partial charge in [-0.05, 0) is 30.9 Å². The van der Waals surface area contributed by atoms with E-state index in [1.807, 2.05) is 0 Å². The topological polar surface area (TPSA) is 125 Å². The second kappa shape index (κ2) is 6.60. The molecule has 2 aromatic rings. The van der Waals surface area contributed by atoms with E-state index in [1.54, 1.807) is 0 Å². The third kappa shape index (κ3) is 2.79. The number of aromatic nitrogens is 4. The molecule has 0 saturated carbocycles. The van der Waals surface area contributed by atoms with E-state index in [4.69, 9.17) is 17.3 Å². The predicted molar refractivity (Wildman–Crippen MR) is 93.8 cm³/mol. The minimum atomic E-state index is -0.669. The first-order valence-corrected chi connectivity index (χ1v) is 8.52. The van der Waals surface area contributed by atoms with Gasteiger partial charge in [-0.25, -0.2) is 4.79 Å². The molecule has 0 bridgehead atoms. The van der Waals surface area contributed by atoms with Gasteiger partial charge in [-0.15, -0.1) is 0 Å². The third-order valence-electron chi connectivity index (χ3n) is 4.75. The van der Waals surface area contributed by atoms with Crippen LogP contribution >= 0.6 is 11.6 Å². The maximum atomic E-state index is 12.8. The molecule has 3 heterocycles. The van der Waals surface area contributed by atoms with E-state index in [0.29, 0.717) is 13.0 Å². The highest BCUT2D eigenvalue weighted by molar-refractivity contribution is 6.29. The van der Waals surface area contributed by atoms with Crippen LogP contribution in [0, 0.1) is 0 Å². The van der Waals surface area contributed by atoms with Crippen molar-refractivity contribution in [1.29, 1.82) is 0 Å². The zero-order valence-electron chi connectivity index (χ0n) is 14.4. The summed E-state index contributed by atoms with van der Waals surface area (Å²) in [5.74, 6) is -0.941. The number of aryl methyl sites for hydroxylation is 1. The van der Waals surface area contributed by atoms with Gasteiger partial charge < -0.3 is 10.6 Å². The molecular weight excluding hydrogens is 364 g/mol. The molecule has 0 aliphatic carbocycles. The second-order valence-electron chi connectivity index (χ2n) is 6.35. The number of rotatable bonds is 3. The first-order valence-electron chi connectivity index (χ1n) is 8.14. The number of imidazole rings is 1. The van der Waals surface area contributed by atoms with Gasteiger partial charge in [0.2, 0.25) is 17.1 Å². The molecule has 0 unspecified atom stereocenters. The van der Waals surface area contributed by atoms with Gasteiger partial charge in [-0.1, -0.05) is 0 Å². The highest BCUT2D eigenvalue weighted by Gasteiger charge is 2.31. The summed E-state index contributed by atoms with van der Waals surface area (Å²) in [6.45, 7) is 0.139. The molecule has 26 heavy (non-hydrogen) atoms. The molecule has 1 atom stereocenters. The molecule has 2 aromatic heterocycles. The smallest absolute Gasteiger partial charge is 0.332 e. The fourth-order valence-corrected chi connectivity index (χ4v) is 3.54. The average molecular weight is 383 g/mol. The van der Waals surface area contributed by atoms with E-state index in [-0.39, 0.29) is 28.9 Å². The van der Waals surface area contributed by atoms with E-state index in [0.717, 1.165) is 17.4 Å². The number of piperidine rings is 1. The summed E-state index contributed by atoms with van der Waals surface area (Å²) in [4.78, 5) is 54.4. The summed E-state index contributed by atoms with van der Waals surface area (Å²) in [5, 5.41) is -0.0840. The van der Waals surface area contributed by atoms with E-state index in [2.05, 4.69) is 4.98 Å². The van der Waals surface area contributed by atoms with Crippen LogP contribution in [0.1, 0.15) is 19.3 Å². The molecule has 1 saturated heterocycles. The Labute approximate surface area is 152 Å². The normalized spacial score (nSPS) is 17.7.